The molecule has 19 heavy (non-hydrogen) atoms. The van der Waals surface area contributed by atoms with Gasteiger partial charge in [-0.25, -0.2) is 4.79 Å². The van der Waals surface area contributed by atoms with Gasteiger partial charge < -0.3 is 9.84 Å². The Morgan fingerprint density at radius 2 is 1.63 bits per heavy atom. The number of aromatic carboxylic acids is 1. The van der Waals surface area contributed by atoms with E-state index in [9.17, 15) is 9.90 Å². The Labute approximate surface area is 115 Å². The summed E-state index contributed by atoms with van der Waals surface area (Å²) in [4.78, 5) is 11.4. The average molecular weight is 264 g/mol. The maximum atomic E-state index is 11.4. The molecule has 0 fully saturated rings. The quantitative estimate of drug-likeness (QED) is 0.856. The Balaban J connectivity index is 3.56. The predicted molar refractivity (Wildman–Crippen MR) is 77.3 cm³/mol. The van der Waals surface area contributed by atoms with Crippen LogP contribution in [-0.4, -0.2) is 17.2 Å². The molecule has 3 nitrogen and oxygen atoms in total. The van der Waals surface area contributed by atoms with Crippen molar-refractivity contribution in [3.05, 3.63) is 28.8 Å². The van der Waals surface area contributed by atoms with Crippen molar-refractivity contribution in [2.45, 2.75) is 59.5 Å². The zero-order valence-corrected chi connectivity index (χ0v) is 12.7. The first-order valence-corrected chi connectivity index (χ1v) is 6.82. The molecule has 0 aromatic heterocycles. The van der Waals surface area contributed by atoms with Crippen LogP contribution in [0.5, 0.6) is 5.75 Å². The third-order valence-corrected chi connectivity index (χ3v) is 3.01. The highest BCUT2D eigenvalue weighted by atomic mass is 16.5. The topological polar surface area (TPSA) is 46.5 Å². The first-order chi connectivity index (χ1) is 8.75. The van der Waals surface area contributed by atoms with E-state index in [2.05, 4.69) is 27.7 Å². The van der Waals surface area contributed by atoms with E-state index >= 15 is 0 Å². The highest BCUT2D eigenvalue weighted by molar-refractivity contribution is 5.91. The van der Waals surface area contributed by atoms with Gasteiger partial charge in [-0.15, -0.1) is 0 Å². The zero-order chi connectivity index (χ0) is 14.7. The molecule has 1 aromatic carbocycles. The van der Waals surface area contributed by atoms with Gasteiger partial charge in [0.15, 0.2) is 0 Å². The summed E-state index contributed by atoms with van der Waals surface area (Å²) >= 11 is 0. The molecule has 1 N–H and O–H groups in total. The van der Waals surface area contributed by atoms with Crippen LogP contribution in [0, 0.1) is 0 Å². The normalized spacial score (nSPS) is 11.4. The van der Waals surface area contributed by atoms with Gasteiger partial charge in [-0.2, -0.15) is 0 Å². The Hall–Kier alpha value is -1.51. The van der Waals surface area contributed by atoms with Crippen molar-refractivity contribution in [3.63, 3.8) is 0 Å². The summed E-state index contributed by atoms with van der Waals surface area (Å²) in [7, 11) is 0. The van der Waals surface area contributed by atoms with E-state index in [-0.39, 0.29) is 17.6 Å². The number of carboxylic acids is 1. The lowest BCUT2D eigenvalue weighted by molar-refractivity contribution is 0.0690. The average Bonchev–Trinajstić information content (AvgIpc) is 2.26. The number of rotatable bonds is 5. The minimum absolute atomic E-state index is 0.0435. The van der Waals surface area contributed by atoms with Crippen LogP contribution in [0.4, 0.5) is 0 Å². The molecular formula is C16H24O3. The second-order valence-electron chi connectivity index (χ2n) is 5.73. The van der Waals surface area contributed by atoms with Crippen molar-refractivity contribution >= 4 is 5.97 Å². The molecule has 0 aliphatic carbocycles. The fourth-order valence-corrected chi connectivity index (χ4v) is 2.24. The molecular weight excluding hydrogens is 240 g/mol. The number of carboxylic acid groups (broad SMARTS) is 1. The zero-order valence-electron chi connectivity index (χ0n) is 12.7. The summed E-state index contributed by atoms with van der Waals surface area (Å²) in [5, 5.41) is 9.33. The summed E-state index contributed by atoms with van der Waals surface area (Å²) in [5.41, 5.74) is 2.43. The van der Waals surface area contributed by atoms with Crippen LogP contribution in [0.2, 0.25) is 0 Å². The summed E-state index contributed by atoms with van der Waals surface area (Å²) in [6, 6.07) is 3.57. The maximum absolute atomic E-state index is 11.4. The molecule has 0 amide bonds. The molecule has 106 valence electrons. The van der Waals surface area contributed by atoms with Crippen LogP contribution in [0.1, 0.15) is 74.9 Å². The van der Waals surface area contributed by atoms with Gasteiger partial charge in [-0.05, 0) is 37.3 Å². The van der Waals surface area contributed by atoms with Gasteiger partial charge >= 0.3 is 5.97 Å². The number of hydrogen-bond acceptors (Lipinski definition) is 2. The smallest absolute Gasteiger partial charge is 0.339 e. The molecule has 0 aliphatic heterocycles. The van der Waals surface area contributed by atoms with Gasteiger partial charge in [0.05, 0.1) is 6.10 Å². The van der Waals surface area contributed by atoms with Crippen LogP contribution in [0.3, 0.4) is 0 Å². The molecule has 0 bridgehead atoms. The Morgan fingerprint density at radius 1 is 1.05 bits per heavy atom. The van der Waals surface area contributed by atoms with Gasteiger partial charge in [0, 0.05) is 5.56 Å². The van der Waals surface area contributed by atoms with E-state index in [1.807, 2.05) is 19.9 Å². The number of ether oxygens (including phenoxy) is 1. The lowest BCUT2D eigenvalue weighted by Gasteiger charge is -2.23. The first kappa shape index (κ1) is 15.5. The Kier molecular flexibility index (Phi) is 4.98. The molecule has 0 spiro atoms. The van der Waals surface area contributed by atoms with Gasteiger partial charge in [-0.1, -0.05) is 33.8 Å². The third kappa shape index (κ3) is 3.49. The predicted octanol–water partition coefficient (Wildman–Crippen LogP) is 4.42. The summed E-state index contributed by atoms with van der Waals surface area (Å²) < 4.78 is 5.81. The number of carbonyl (C=O) groups is 1. The summed E-state index contributed by atoms with van der Waals surface area (Å²) in [6.45, 7) is 12.2. The number of hydrogen-bond donors (Lipinski definition) is 1. The van der Waals surface area contributed by atoms with Gasteiger partial charge in [0.1, 0.15) is 11.3 Å². The van der Waals surface area contributed by atoms with Crippen molar-refractivity contribution in [2.24, 2.45) is 0 Å². The van der Waals surface area contributed by atoms with E-state index in [1.165, 1.54) is 0 Å². The van der Waals surface area contributed by atoms with Crippen molar-refractivity contribution in [1.29, 1.82) is 0 Å². The fraction of sp³-hybridized carbons (Fsp3) is 0.562. The van der Waals surface area contributed by atoms with Crippen LogP contribution in [0.15, 0.2) is 12.1 Å². The molecule has 0 radical (unpaired) electrons. The second kappa shape index (κ2) is 6.09. The lowest BCUT2D eigenvalue weighted by Crippen LogP contribution is -2.14. The Bertz CT molecular complexity index is 459. The van der Waals surface area contributed by atoms with E-state index in [1.54, 1.807) is 6.07 Å². The van der Waals surface area contributed by atoms with E-state index in [4.69, 9.17) is 4.74 Å². The summed E-state index contributed by atoms with van der Waals surface area (Å²) in [6.07, 6.45) is -0.0435. The standard InChI is InChI=1S/C16H24O3/c1-9(2)12-7-8-13(16(17)18)15(19-11(5)6)14(12)10(3)4/h7-11H,1-6H3,(H,17,18). The largest absolute Gasteiger partial charge is 0.490 e. The Morgan fingerprint density at radius 3 is 2.00 bits per heavy atom. The van der Waals surface area contributed by atoms with Crippen LogP contribution < -0.4 is 4.74 Å². The SMILES string of the molecule is CC(C)Oc1c(C(=O)O)ccc(C(C)C)c1C(C)C. The third-order valence-electron chi connectivity index (χ3n) is 3.01. The maximum Gasteiger partial charge on any atom is 0.339 e. The van der Waals surface area contributed by atoms with E-state index in [0.717, 1.165) is 11.1 Å². The first-order valence-electron chi connectivity index (χ1n) is 6.82. The van der Waals surface area contributed by atoms with Crippen LogP contribution in [-0.2, 0) is 0 Å². The molecule has 1 rings (SSSR count). The minimum Gasteiger partial charge on any atom is -0.490 e. The van der Waals surface area contributed by atoms with Crippen molar-refractivity contribution in [3.8, 4) is 5.75 Å². The van der Waals surface area contributed by atoms with Crippen molar-refractivity contribution in [1.82, 2.24) is 0 Å². The fourth-order valence-electron chi connectivity index (χ4n) is 2.24. The lowest BCUT2D eigenvalue weighted by atomic mass is 9.88. The second-order valence-corrected chi connectivity index (χ2v) is 5.73. The highest BCUT2D eigenvalue weighted by Gasteiger charge is 2.23. The molecule has 0 aliphatic rings. The van der Waals surface area contributed by atoms with Gasteiger partial charge in [0.2, 0.25) is 0 Å². The monoisotopic (exact) mass is 264 g/mol. The van der Waals surface area contributed by atoms with E-state index < -0.39 is 5.97 Å². The minimum atomic E-state index is -0.937. The van der Waals surface area contributed by atoms with Gasteiger partial charge in [0.25, 0.3) is 0 Å². The van der Waals surface area contributed by atoms with Crippen LogP contribution >= 0.6 is 0 Å². The molecule has 0 heterocycles. The van der Waals surface area contributed by atoms with Crippen molar-refractivity contribution in [2.75, 3.05) is 0 Å². The molecule has 0 unspecified atom stereocenters. The van der Waals surface area contributed by atoms with Crippen LogP contribution in [0.25, 0.3) is 0 Å². The number of benzene rings is 1. The molecule has 1 aromatic rings. The molecule has 0 saturated heterocycles. The van der Waals surface area contributed by atoms with Crippen molar-refractivity contribution < 1.29 is 14.6 Å². The van der Waals surface area contributed by atoms with E-state index in [0.29, 0.717) is 11.7 Å². The summed E-state index contributed by atoms with van der Waals surface area (Å²) in [5.74, 6) is 0.164. The highest BCUT2D eigenvalue weighted by Crippen LogP contribution is 2.37. The molecule has 0 saturated carbocycles. The molecule has 3 heteroatoms. The van der Waals surface area contributed by atoms with Gasteiger partial charge in [-0.3, -0.25) is 0 Å². The molecule has 0 atom stereocenters.